The van der Waals surface area contributed by atoms with Gasteiger partial charge in [-0.25, -0.2) is 4.39 Å². The Morgan fingerprint density at radius 2 is 2.00 bits per heavy atom. The molecule has 26 heavy (non-hydrogen) atoms. The lowest BCUT2D eigenvalue weighted by Crippen LogP contribution is -2.05. The second kappa shape index (κ2) is 7.32. The van der Waals surface area contributed by atoms with Crippen molar-refractivity contribution in [3.8, 4) is 17.1 Å². The van der Waals surface area contributed by atoms with Crippen LogP contribution in [0.25, 0.3) is 11.3 Å². The van der Waals surface area contributed by atoms with Gasteiger partial charge in [-0.3, -0.25) is 9.59 Å². The third-order valence-electron chi connectivity index (χ3n) is 3.56. The van der Waals surface area contributed by atoms with Gasteiger partial charge in [0, 0.05) is 37.4 Å². The van der Waals surface area contributed by atoms with Gasteiger partial charge in [-0.2, -0.15) is 0 Å². The molecule has 0 spiro atoms. The van der Waals surface area contributed by atoms with E-state index in [2.05, 4.69) is 10.1 Å². The van der Waals surface area contributed by atoms with E-state index >= 15 is 0 Å². The number of nitrogens with zero attached hydrogens (tertiary/aromatic N) is 1. The molecule has 1 aromatic carbocycles. The van der Waals surface area contributed by atoms with Gasteiger partial charge in [0.05, 0.1) is 5.56 Å². The molecule has 134 valence electrons. The molecule has 2 heterocycles. The number of ketones is 1. The minimum absolute atomic E-state index is 0.0382. The molecule has 0 saturated heterocycles. The molecule has 7 nitrogen and oxygen atoms in total. The molecule has 0 aliphatic heterocycles. The topological polar surface area (TPSA) is 94.4 Å². The number of esters is 1. The number of hydrogen-bond donors (Lipinski definition) is 1. The number of aromatic amines is 1. The van der Waals surface area contributed by atoms with Gasteiger partial charge in [0.25, 0.3) is 0 Å². The lowest BCUT2D eigenvalue weighted by molar-refractivity contribution is -0.132. The van der Waals surface area contributed by atoms with Crippen LogP contribution in [-0.4, -0.2) is 29.0 Å². The first-order valence-corrected chi connectivity index (χ1v) is 7.64. The number of carbonyl (C=O) groups excluding carboxylic acids is 2. The summed E-state index contributed by atoms with van der Waals surface area (Å²) < 4.78 is 28.4. The first kappa shape index (κ1) is 17.6. The van der Waals surface area contributed by atoms with Crippen molar-refractivity contribution in [1.29, 1.82) is 0 Å². The number of hydrogen-bond acceptors (Lipinski definition) is 6. The van der Waals surface area contributed by atoms with Crippen LogP contribution in [0.4, 0.5) is 4.39 Å². The molecule has 0 saturated carbocycles. The number of methoxy groups -OCH3 is 1. The maximum atomic E-state index is 13.2. The Hall–Kier alpha value is -3.26. The van der Waals surface area contributed by atoms with Crippen LogP contribution >= 0.6 is 0 Å². The van der Waals surface area contributed by atoms with Gasteiger partial charge in [-0.05, 0) is 24.3 Å². The molecule has 0 unspecified atom stereocenters. The van der Waals surface area contributed by atoms with E-state index in [9.17, 15) is 14.0 Å². The van der Waals surface area contributed by atoms with Gasteiger partial charge < -0.3 is 19.0 Å². The highest BCUT2D eigenvalue weighted by Crippen LogP contribution is 2.29. The molecule has 3 rings (SSSR count). The van der Waals surface area contributed by atoms with Crippen molar-refractivity contribution in [3.63, 3.8) is 0 Å². The third kappa shape index (κ3) is 3.55. The molecule has 0 aliphatic rings. The van der Waals surface area contributed by atoms with E-state index in [1.807, 2.05) is 0 Å². The van der Waals surface area contributed by atoms with Crippen molar-refractivity contribution in [1.82, 2.24) is 10.1 Å². The molecular formula is C18H15FN2O5. The fourth-order valence-electron chi connectivity index (χ4n) is 2.46. The maximum absolute atomic E-state index is 13.2. The average molecular weight is 358 g/mol. The van der Waals surface area contributed by atoms with Gasteiger partial charge in [0.15, 0.2) is 5.76 Å². The summed E-state index contributed by atoms with van der Waals surface area (Å²) in [5, 5.41) is 3.94. The molecule has 0 atom stereocenters. The Balaban J connectivity index is 2.02. The van der Waals surface area contributed by atoms with E-state index in [4.69, 9.17) is 14.0 Å². The van der Waals surface area contributed by atoms with Crippen LogP contribution in [-0.2, 0) is 16.1 Å². The molecule has 0 radical (unpaired) electrons. The Kier molecular flexibility index (Phi) is 4.94. The smallest absolute Gasteiger partial charge is 0.309 e. The van der Waals surface area contributed by atoms with Crippen LogP contribution < -0.4 is 4.74 Å². The van der Waals surface area contributed by atoms with Crippen LogP contribution in [0.2, 0.25) is 0 Å². The monoisotopic (exact) mass is 358 g/mol. The van der Waals surface area contributed by atoms with Crippen molar-refractivity contribution < 1.29 is 28.0 Å². The van der Waals surface area contributed by atoms with Crippen molar-refractivity contribution >= 4 is 11.8 Å². The van der Waals surface area contributed by atoms with E-state index in [0.29, 0.717) is 5.56 Å². The van der Waals surface area contributed by atoms with Gasteiger partial charge in [-0.15, -0.1) is 0 Å². The number of ether oxygens (including phenoxy) is 2. The van der Waals surface area contributed by atoms with Crippen LogP contribution in [0.15, 0.2) is 41.1 Å². The summed E-state index contributed by atoms with van der Waals surface area (Å²) in [5.74, 6) is -0.921. The van der Waals surface area contributed by atoms with Gasteiger partial charge in [0.2, 0.25) is 11.7 Å². The fraction of sp³-hybridized carbons (Fsp3) is 0.167. The number of nitrogens with one attached hydrogen (secondary N) is 1. The molecule has 0 fully saturated rings. The lowest BCUT2D eigenvalue weighted by atomic mass is 9.99. The summed E-state index contributed by atoms with van der Waals surface area (Å²) in [6.45, 7) is 1.29. The van der Waals surface area contributed by atoms with Crippen molar-refractivity contribution in [2.45, 2.75) is 13.5 Å². The minimum atomic E-state index is -0.511. The normalized spacial score (nSPS) is 10.7. The summed E-state index contributed by atoms with van der Waals surface area (Å²) in [6, 6.07) is 6.94. The maximum Gasteiger partial charge on any atom is 0.309 e. The molecule has 0 aliphatic carbocycles. The van der Waals surface area contributed by atoms with Crippen molar-refractivity contribution in [2.24, 2.45) is 0 Å². The molecule has 2 aromatic heterocycles. The zero-order chi connectivity index (χ0) is 18.7. The first-order chi connectivity index (χ1) is 12.5. The second-order valence-electron chi connectivity index (χ2n) is 5.44. The lowest BCUT2D eigenvalue weighted by Gasteiger charge is -2.02. The molecule has 3 aromatic rings. The number of rotatable bonds is 6. The van der Waals surface area contributed by atoms with E-state index in [1.54, 1.807) is 0 Å². The highest BCUT2D eigenvalue weighted by atomic mass is 19.1. The Morgan fingerprint density at radius 3 is 2.65 bits per heavy atom. The number of halogens is 1. The van der Waals surface area contributed by atoms with Gasteiger partial charge in [-0.1, -0.05) is 5.16 Å². The van der Waals surface area contributed by atoms with Crippen molar-refractivity contribution in [2.75, 3.05) is 7.11 Å². The molecular weight excluding hydrogens is 343 g/mol. The molecule has 1 N–H and O–H groups in total. The van der Waals surface area contributed by atoms with Crippen LogP contribution in [0.1, 0.15) is 28.6 Å². The minimum Gasteiger partial charge on any atom is -0.410 e. The summed E-state index contributed by atoms with van der Waals surface area (Å²) in [4.78, 5) is 26.7. The summed E-state index contributed by atoms with van der Waals surface area (Å²) >= 11 is 0. The highest BCUT2D eigenvalue weighted by Gasteiger charge is 2.26. The Bertz CT molecular complexity index is 943. The summed E-state index contributed by atoms with van der Waals surface area (Å²) in [7, 11) is 1.46. The van der Waals surface area contributed by atoms with Gasteiger partial charge >= 0.3 is 5.97 Å². The molecule has 8 heteroatoms. The van der Waals surface area contributed by atoms with Crippen molar-refractivity contribution in [3.05, 3.63) is 59.2 Å². The predicted octanol–water partition coefficient (Wildman–Crippen LogP) is 3.11. The zero-order valence-electron chi connectivity index (χ0n) is 14.0. The Labute approximate surface area is 147 Å². The standard InChI is InChI=1S/C18H15FN2O5/c1-10(22)25-15-7-12(8-20-15)18(23)16-14(9-24-2)26-21-17(16)11-3-5-13(19)6-4-11/h3-8,20H,9H2,1-2H3. The first-order valence-electron chi connectivity index (χ1n) is 7.64. The average Bonchev–Trinajstić information content (AvgIpc) is 3.22. The largest absolute Gasteiger partial charge is 0.410 e. The fourth-order valence-corrected chi connectivity index (χ4v) is 2.46. The SMILES string of the molecule is COCc1onc(-c2ccc(F)cc2)c1C(=O)c1c[nH]c(OC(C)=O)c1. The molecule has 0 amide bonds. The third-order valence-corrected chi connectivity index (χ3v) is 3.56. The van der Waals surface area contributed by atoms with Crippen LogP contribution in [0, 0.1) is 5.82 Å². The Morgan fingerprint density at radius 1 is 1.27 bits per heavy atom. The number of carbonyl (C=O) groups is 2. The summed E-state index contributed by atoms with van der Waals surface area (Å²) in [6.07, 6.45) is 1.42. The van der Waals surface area contributed by atoms with E-state index < -0.39 is 17.6 Å². The summed E-state index contributed by atoms with van der Waals surface area (Å²) in [5.41, 5.74) is 1.26. The highest BCUT2D eigenvalue weighted by molar-refractivity contribution is 6.13. The van der Waals surface area contributed by atoms with E-state index in [-0.39, 0.29) is 35.1 Å². The van der Waals surface area contributed by atoms with Gasteiger partial charge in [0.1, 0.15) is 18.1 Å². The molecule has 0 bridgehead atoms. The number of benzene rings is 1. The second-order valence-corrected chi connectivity index (χ2v) is 5.44. The number of H-pyrrole nitrogens is 1. The van der Waals surface area contributed by atoms with Crippen LogP contribution in [0.5, 0.6) is 5.88 Å². The van der Waals surface area contributed by atoms with Crippen LogP contribution in [0.3, 0.4) is 0 Å². The number of aromatic nitrogens is 2. The quantitative estimate of drug-likeness (QED) is 0.537. The zero-order valence-corrected chi connectivity index (χ0v) is 14.0. The van der Waals surface area contributed by atoms with E-state index in [0.717, 1.165) is 0 Å². The predicted molar refractivity (Wildman–Crippen MR) is 88.1 cm³/mol. The van der Waals surface area contributed by atoms with E-state index in [1.165, 1.54) is 50.6 Å².